The molecule has 2 amide bonds. The third-order valence-electron chi connectivity index (χ3n) is 8.04. The smallest absolute Gasteiger partial charge is 0.258 e. The van der Waals surface area contributed by atoms with Crippen molar-refractivity contribution in [3.63, 3.8) is 0 Å². The van der Waals surface area contributed by atoms with Crippen LogP contribution in [0, 0.1) is 0 Å². The number of nitrogens with one attached hydrogen (secondary N) is 6. The molecule has 0 atom stereocenters. The van der Waals surface area contributed by atoms with Crippen molar-refractivity contribution in [2.45, 2.75) is 11.1 Å². The van der Waals surface area contributed by atoms with Crippen LogP contribution < -0.4 is 32.3 Å². The molecule has 4 aromatic carbocycles. The van der Waals surface area contributed by atoms with Gasteiger partial charge in [0.05, 0.1) is 0 Å². The Labute approximate surface area is 228 Å². The summed E-state index contributed by atoms with van der Waals surface area (Å²) in [6, 6.07) is 31.3. The molecule has 10 nitrogen and oxygen atoms in total. The first kappa shape index (κ1) is 22.6. The predicted molar refractivity (Wildman–Crippen MR) is 149 cm³/mol. The summed E-state index contributed by atoms with van der Waals surface area (Å²) in [6.45, 7) is 0. The van der Waals surface area contributed by atoms with Crippen LogP contribution in [0.15, 0.2) is 107 Å². The molecular formula is C30H22N8O2. The lowest BCUT2D eigenvalue weighted by Crippen LogP contribution is -2.69. The Kier molecular flexibility index (Phi) is 4.58. The molecule has 2 spiro atoms. The van der Waals surface area contributed by atoms with Crippen LogP contribution in [0.4, 0.5) is 0 Å². The van der Waals surface area contributed by atoms with Crippen molar-refractivity contribution in [1.82, 2.24) is 32.3 Å². The van der Waals surface area contributed by atoms with Crippen molar-refractivity contribution in [3.8, 4) is 22.3 Å². The highest BCUT2D eigenvalue weighted by Crippen LogP contribution is 2.48. The van der Waals surface area contributed by atoms with Gasteiger partial charge in [0, 0.05) is 0 Å². The third kappa shape index (κ3) is 2.83. The average molecular weight is 527 g/mol. The van der Waals surface area contributed by atoms with Crippen LogP contribution in [-0.2, 0) is 20.7 Å². The maximum atomic E-state index is 13.6. The van der Waals surface area contributed by atoms with Gasteiger partial charge in [-0.3, -0.25) is 31.1 Å². The number of fused-ring (bicyclic) bond motifs is 10. The minimum Gasteiger partial charge on any atom is -0.292 e. The van der Waals surface area contributed by atoms with E-state index in [0.717, 1.165) is 44.5 Å². The molecule has 0 aromatic heterocycles. The van der Waals surface area contributed by atoms with Gasteiger partial charge in [-0.05, 0) is 44.5 Å². The second-order valence-electron chi connectivity index (χ2n) is 9.99. The van der Waals surface area contributed by atoms with Gasteiger partial charge in [0.15, 0.2) is 11.1 Å². The van der Waals surface area contributed by atoms with Crippen molar-refractivity contribution in [2.75, 3.05) is 0 Å². The largest absolute Gasteiger partial charge is 0.292 e. The zero-order chi connectivity index (χ0) is 26.9. The minimum atomic E-state index is -1.12. The Morgan fingerprint density at radius 1 is 0.450 bits per heavy atom. The molecule has 4 aliphatic rings. The molecule has 2 heterocycles. The highest BCUT2D eigenvalue weighted by atomic mass is 16.2. The Morgan fingerprint density at radius 2 is 0.750 bits per heavy atom. The molecule has 40 heavy (non-hydrogen) atoms. The van der Waals surface area contributed by atoms with E-state index in [9.17, 15) is 9.59 Å². The number of hydrogen-bond acceptors (Lipinski definition) is 6. The van der Waals surface area contributed by atoms with Crippen molar-refractivity contribution < 1.29 is 9.59 Å². The third-order valence-corrected chi connectivity index (χ3v) is 8.04. The lowest BCUT2D eigenvalue weighted by atomic mass is 9.86. The fourth-order valence-corrected chi connectivity index (χ4v) is 6.31. The summed E-state index contributed by atoms with van der Waals surface area (Å²) >= 11 is 0. The zero-order valence-electron chi connectivity index (χ0n) is 20.9. The quantitative estimate of drug-likeness (QED) is 0.210. The van der Waals surface area contributed by atoms with Crippen LogP contribution in [0.2, 0.25) is 0 Å². The van der Waals surface area contributed by atoms with Gasteiger partial charge in [0.2, 0.25) is 11.9 Å². The summed E-state index contributed by atoms with van der Waals surface area (Å²) in [5.41, 5.74) is 17.5. The molecule has 0 saturated carbocycles. The Morgan fingerprint density at radius 3 is 1.05 bits per heavy atom. The summed E-state index contributed by atoms with van der Waals surface area (Å²) < 4.78 is 0. The number of benzene rings is 4. The van der Waals surface area contributed by atoms with E-state index in [-0.39, 0.29) is 23.7 Å². The van der Waals surface area contributed by atoms with E-state index in [1.807, 2.05) is 97.1 Å². The lowest BCUT2D eigenvalue weighted by molar-refractivity contribution is -0.127. The topological polar surface area (TPSA) is 131 Å². The number of rotatable bonds is 1. The Bertz CT molecular complexity index is 1600. The Hall–Kier alpha value is -5.32. The number of carbonyl (C=O) groups excluding carboxylic acids is 2. The second-order valence-corrected chi connectivity index (χ2v) is 9.99. The standard InChI is InChI=1S/C30H22N8O2/c39-25-29(21-13-5-1-9-17(21)18-10-2-6-14-22(18)29)37-35-27(31-25)33-34-28-32-26(40)30(38-36-28)23-15-7-3-11-19(23)20-12-4-8-16-24(20)30/h1-16,37-38H,(H2,31,33,35,39)(H2,32,34,36,40). The number of hydrogen-bond donors (Lipinski definition) is 6. The molecule has 2 saturated heterocycles. The number of carbonyl (C=O) groups is 2. The minimum absolute atomic E-state index is 0.0953. The van der Waals surface area contributed by atoms with Crippen LogP contribution in [-0.4, -0.2) is 23.7 Å². The van der Waals surface area contributed by atoms with E-state index in [1.54, 1.807) is 0 Å². The van der Waals surface area contributed by atoms with Crippen LogP contribution in [0.3, 0.4) is 0 Å². The maximum absolute atomic E-state index is 13.6. The number of guanidine groups is 2. The van der Waals surface area contributed by atoms with Gasteiger partial charge in [-0.1, -0.05) is 97.1 Å². The van der Waals surface area contributed by atoms with Crippen molar-refractivity contribution in [1.29, 1.82) is 0 Å². The molecule has 10 heteroatoms. The molecule has 0 radical (unpaired) electrons. The molecule has 2 aliphatic heterocycles. The number of amides is 2. The number of nitrogens with zero attached hydrogens (tertiary/aromatic N) is 2. The normalized spacial score (nSPS) is 20.7. The average Bonchev–Trinajstić information content (AvgIpc) is 3.45. The van der Waals surface area contributed by atoms with Gasteiger partial charge in [-0.15, -0.1) is 10.2 Å². The van der Waals surface area contributed by atoms with Crippen LogP contribution in [0.5, 0.6) is 0 Å². The first-order chi connectivity index (χ1) is 19.6. The summed E-state index contributed by atoms with van der Waals surface area (Å²) in [5, 5.41) is 13.9. The lowest BCUT2D eigenvalue weighted by Gasteiger charge is -2.37. The fraction of sp³-hybridized carbons (Fsp3) is 0.0667. The fourth-order valence-electron chi connectivity index (χ4n) is 6.31. The molecule has 0 bridgehead atoms. The molecule has 6 N–H and O–H groups in total. The Balaban J connectivity index is 1.07. The van der Waals surface area contributed by atoms with E-state index >= 15 is 0 Å². The first-order valence-corrected chi connectivity index (χ1v) is 12.9. The van der Waals surface area contributed by atoms with Crippen LogP contribution in [0.1, 0.15) is 22.3 Å². The van der Waals surface area contributed by atoms with E-state index in [4.69, 9.17) is 0 Å². The highest BCUT2D eigenvalue weighted by Gasteiger charge is 2.53. The molecular weight excluding hydrogens is 504 g/mol. The van der Waals surface area contributed by atoms with E-state index in [0.29, 0.717) is 0 Å². The van der Waals surface area contributed by atoms with Gasteiger partial charge >= 0.3 is 0 Å². The van der Waals surface area contributed by atoms with Gasteiger partial charge in [-0.2, -0.15) is 0 Å². The zero-order valence-corrected chi connectivity index (χ0v) is 20.9. The van der Waals surface area contributed by atoms with Crippen molar-refractivity contribution in [3.05, 3.63) is 119 Å². The summed E-state index contributed by atoms with van der Waals surface area (Å²) in [7, 11) is 0. The highest BCUT2D eigenvalue weighted by molar-refractivity contribution is 6.11. The van der Waals surface area contributed by atoms with Gasteiger partial charge in [0.25, 0.3) is 11.8 Å². The summed E-state index contributed by atoms with van der Waals surface area (Å²) in [5.74, 6) is -0.394. The number of hydrazine groups is 2. The molecule has 4 aromatic rings. The first-order valence-electron chi connectivity index (χ1n) is 12.9. The SMILES string of the molecule is O=C1N/C(=N/N=C2/NNC3(C(=O)N2)c2ccccc2-c2ccccc23)NNC12c1ccccc1-c1ccccc12. The molecule has 2 fully saturated rings. The summed E-state index contributed by atoms with van der Waals surface area (Å²) in [4.78, 5) is 27.2. The van der Waals surface area contributed by atoms with Gasteiger partial charge in [-0.25, -0.2) is 10.9 Å². The van der Waals surface area contributed by atoms with Crippen LogP contribution >= 0.6 is 0 Å². The van der Waals surface area contributed by atoms with Gasteiger partial charge in [0.1, 0.15) is 0 Å². The van der Waals surface area contributed by atoms with Crippen molar-refractivity contribution >= 4 is 23.7 Å². The molecule has 194 valence electrons. The monoisotopic (exact) mass is 526 g/mol. The van der Waals surface area contributed by atoms with E-state index in [1.165, 1.54) is 0 Å². The second kappa shape index (κ2) is 8.09. The molecule has 8 rings (SSSR count). The van der Waals surface area contributed by atoms with Crippen molar-refractivity contribution in [2.24, 2.45) is 10.2 Å². The predicted octanol–water partition coefficient (Wildman–Crippen LogP) is 1.91. The summed E-state index contributed by atoms with van der Waals surface area (Å²) in [6.07, 6.45) is 0. The van der Waals surface area contributed by atoms with E-state index < -0.39 is 11.1 Å². The molecule has 0 unspecified atom stereocenters. The van der Waals surface area contributed by atoms with Gasteiger partial charge < -0.3 is 0 Å². The molecule has 2 aliphatic carbocycles. The van der Waals surface area contributed by atoms with Crippen LogP contribution in [0.25, 0.3) is 22.3 Å². The maximum Gasteiger partial charge on any atom is 0.258 e. The van der Waals surface area contributed by atoms with E-state index in [2.05, 4.69) is 42.5 Å².